The molecule has 0 saturated heterocycles. The van der Waals surface area contributed by atoms with Crippen molar-refractivity contribution < 1.29 is 35.9 Å². The van der Waals surface area contributed by atoms with E-state index in [2.05, 4.69) is 15.0 Å². The van der Waals surface area contributed by atoms with Gasteiger partial charge < -0.3 is 15.4 Å². The summed E-state index contributed by atoms with van der Waals surface area (Å²) in [6, 6.07) is 1.27. The van der Waals surface area contributed by atoms with Gasteiger partial charge in [0.1, 0.15) is 17.7 Å². The molecule has 2 aromatic rings. The summed E-state index contributed by atoms with van der Waals surface area (Å²) in [5, 5.41) is 4.72. The molecule has 11 heteroatoms. The number of nitrogens with one attached hydrogen (secondary N) is 2. The molecule has 1 fully saturated rings. The van der Waals surface area contributed by atoms with Crippen LogP contribution >= 0.6 is 0 Å². The first-order chi connectivity index (χ1) is 15.1. The molecule has 1 saturated carbocycles. The molecule has 1 aliphatic heterocycles. The Morgan fingerprint density at radius 3 is 2.56 bits per heavy atom. The summed E-state index contributed by atoms with van der Waals surface area (Å²) in [6.45, 7) is 0. The van der Waals surface area contributed by atoms with Gasteiger partial charge in [-0.1, -0.05) is 6.07 Å². The number of benzene rings is 1. The van der Waals surface area contributed by atoms with Crippen molar-refractivity contribution in [1.29, 1.82) is 0 Å². The lowest BCUT2D eigenvalue weighted by Gasteiger charge is -2.23. The van der Waals surface area contributed by atoms with Crippen molar-refractivity contribution in [3.63, 3.8) is 0 Å². The zero-order valence-electron chi connectivity index (χ0n) is 16.6. The van der Waals surface area contributed by atoms with Crippen molar-refractivity contribution in [2.45, 2.75) is 31.5 Å². The number of ether oxygens (including phenoxy) is 1. The summed E-state index contributed by atoms with van der Waals surface area (Å²) in [5.41, 5.74) is -0.261. The number of alkyl halides is 3. The van der Waals surface area contributed by atoms with Gasteiger partial charge in [0.05, 0.1) is 18.4 Å². The highest BCUT2D eigenvalue weighted by atomic mass is 19.4. The number of nitrogens with zero attached hydrogens (tertiary/aromatic N) is 1. The third-order valence-electron chi connectivity index (χ3n) is 5.36. The second-order valence-corrected chi connectivity index (χ2v) is 7.59. The van der Waals surface area contributed by atoms with Crippen LogP contribution in [0.5, 0.6) is 5.75 Å². The summed E-state index contributed by atoms with van der Waals surface area (Å²) in [4.78, 5) is 16.5. The van der Waals surface area contributed by atoms with Crippen molar-refractivity contribution in [3.05, 3.63) is 53.0 Å². The van der Waals surface area contributed by atoms with Crippen LogP contribution in [0, 0.1) is 23.4 Å². The van der Waals surface area contributed by atoms with Crippen LogP contribution in [-0.2, 0) is 11.2 Å². The minimum absolute atomic E-state index is 0.0333. The zero-order valence-corrected chi connectivity index (χ0v) is 16.6. The fourth-order valence-corrected chi connectivity index (χ4v) is 3.58. The second kappa shape index (κ2) is 8.03. The highest BCUT2D eigenvalue weighted by molar-refractivity contribution is 5.95. The maximum Gasteiger partial charge on any atom is 0.408 e. The van der Waals surface area contributed by atoms with Gasteiger partial charge in [-0.15, -0.1) is 0 Å². The van der Waals surface area contributed by atoms with Crippen molar-refractivity contribution >= 4 is 11.7 Å². The van der Waals surface area contributed by atoms with E-state index in [-0.39, 0.29) is 23.5 Å². The molecule has 0 unspecified atom stereocenters. The van der Waals surface area contributed by atoms with Gasteiger partial charge in [0.15, 0.2) is 17.4 Å². The van der Waals surface area contributed by atoms with Crippen LogP contribution < -0.4 is 15.4 Å². The number of halogens is 6. The minimum Gasteiger partial charge on any atom is -0.491 e. The van der Waals surface area contributed by atoms with Crippen LogP contribution in [0.4, 0.5) is 32.2 Å². The number of hydrogen-bond donors (Lipinski definition) is 2. The Morgan fingerprint density at radius 1 is 1.22 bits per heavy atom. The van der Waals surface area contributed by atoms with Gasteiger partial charge in [-0.3, -0.25) is 4.79 Å². The van der Waals surface area contributed by atoms with E-state index < -0.39 is 52.8 Å². The Labute approximate surface area is 178 Å². The van der Waals surface area contributed by atoms with Gasteiger partial charge in [-0.25, -0.2) is 18.2 Å². The van der Waals surface area contributed by atoms with E-state index in [1.54, 1.807) is 0 Å². The van der Waals surface area contributed by atoms with Gasteiger partial charge in [0, 0.05) is 24.3 Å². The van der Waals surface area contributed by atoms with Crippen LogP contribution in [0.25, 0.3) is 11.3 Å². The highest BCUT2D eigenvalue weighted by Crippen LogP contribution is 2.40. The molecule has 1 atom stereocenters. The number of aromatic nitrogens is 1. The number of hydrogen-bond acceptors (Lipinski definition) is 4. The molecule has 4 rings (SSSR count). The smallest absolute Gasteiger partial charge is 0.408 e. The highest BCUT2D eigenvalue weighted by Gasteiger charge is 2.49. The molecule has 1 aromatic carbocycles. The molecule has 170 valence electrons. The first kappa shape index (κ1) is 22.0. The molecule has 0 bridgehead atoms. The largest absolute Gasteiger partial charge is 0.491 e. The SMILES string of the molecule is COc1c(F)cc(F)c(-c2ccc3c(n2)NC=C(C(=O)N[C@H](C2CC2)C(F)(F)F)C3)c1F. The number of anilines is 1. The van der Waals surface area contributed by atoms with E-state index in [4.69, 9.17) is 0 Å². The molecule has 5 nitrogen and oxygen atoms in total. The van der Waals surface area contributed by atoms with Gasteiger partial charge in [-0.2, -0.15) is 13.2 Å². The number of rotatable bonds is 5. The summed E-state index contributed by atoms with van der Waals surface area (Å²) < 4.78 is 86.6. The number of amides is 1. The number of methoxy groups -OCH3 is 1. The third kappa shape index (κ3) is 4.11. The molecule has 2 N–H and O–H groups in total. The Hall–Kier alpha value is -3.24. The third-order valence-corrected chi connectivity index (χ3v) is 5.36. The van der Waals surface area contributed by atoms with E-state index in [0.717, 1.165) is 7.11 Å². The maximum absolute atomic E-state index is 14.5. The minimum atomic E-state index is -4.54. The number of pyridine rings is 1. The predicted molar refractivity (Wildman–Crippen MR) is 102 cm³/mol. The molecular weight excluding hydrogens is 440 g/mol. The molecule has 1 aromatic heterocycles. The molecule has 0 spiro atoms. The van der Waals surface area contributed by atoms with Gasteiger partial charge in [-0.05, 0) is 30.4 Å². The summed E-state index contributed by atoms with van der Waals surface area (Å²) in [6.07, 6.45) is -2.57. The van der Waals surface area contributed by atoms with Crippen LogP contribution in [0.15, 0.2) is 30.0 Å². The Balaban J connectivity index is 1.56. The fraction of sp³-hybridized carbons (Fsp3) is 0.333. The summed E-state index contributed by atoms with van der Waals surface area (Å²) in [5.74, 6) is -5.73. The monoisotopic (exact) mass is 457 g/mol. The number of carbonyl (C=O) groups excluding carboxylic acids is 1. The lowest BCUT2D eigenvalue weighted by molar-refractivity contribution is -0.164. The standard InChI is InChI=1S/C21H17F6N3O2/c1-32-17-13(23)7-12(22)15(16(17)24)14-5-4-10-6-11(8-28-19(10)29-14)20(31)30-18(9-2-3-9)21(25,26)27/h4-5,7-9,18H,2-3,6H2,1H3,(H,28,29)(H,30,31)/t18-/m1/s1. The van der Waals surface area contributed by atoms with E-state index in [1.807, 2.05) is 5.32 Å². The maximum atomic E-state index is 14.5. The Kier molecular flexibility index (Phi) is 5.51. The average Bonchev–Trinajstić information content (AvgIpc) is 3.55. The summed E-state index contributed by atoms with van der Waals surface area (Å²) >= 11 is 0. The molecule has 1 amide bonds. The fourth-order valence-electron chi connectivity index (χ4n) is 3.58. The Bertz CT molecular complexity index is 1110. The van der Waals surface area contributed by atoms with Crippen LogP contribution in [0.3, 0.4) is 0 Å². The van der Waals surface area contributed by atoms with Crippen LogP contribution in [0.1, 0.15) is 18.4 Å². The number of carbonyl (C=O) groups is 1. The Morgan fingerprint density at radius 2 is 1.94 bits per heavy atom. The predicted octanol–water partition coefficient (Wildman–Crippen LogP) is 4.48. The topological polar surface area (TPSA) is 63.2 Å². The lowest BCUT2D eigenvalue weighted by Crippen LogP contribution is -2.47. The number of fused-ring (bicyclic) bond motifs is 1. The van der Waals surface area contributed by atoms with Gasteiger partial charge >= 0.3 is 6.18 Å². The van der Waals surface area contributed by atoms with E-state index in [1.165, 1.54) is 18.3 Å². The second-order valence-electron chi connectivity index (χ2n) is 7.59. The van der Waals surface area contributed by atoms with Gasteiger partial charge in [0.2, 0.25) is 5.91 Å². The van der Waals surface area contributed by atoms with E-state index in [9.17, 15) is 31.1 Å². The molecule has 32 heavy (non-hydrogen) atoms. The first-order valence-corrected chi connectivity index (χ1v) is 9.65. The van der Waals surface area contributed by atoms with Crippen molar-refractivity contribution in [2.75, 3.05) is 12.4 Å². The van der Waals surface area contributed by atoms with Crippen LogP contribution in [-0.4, -0.2) is 30.2 Å². The molecule has 0 radical (unpaired) electrons. The molecule has 2 heterocycles. The van der Waals surface area contributed by atoms with E-state index >= 15 is 0 Å². The van der Waals surface area contributed by atoms with Crippen molar-refractivity contribution in [3.8, 4) is 17.0 Å². The normalized spacial score (nSPS) is 16.5. The average molecular weight is 457 g/mol. The van der Waals surface area contributed by atoms with Crippen LogP contribution in [0.2, 0.25) is 0 Å². The van der Waals surface area contributed by atoms with Crippen molar-refractivity contribution in [2.24, 2.45) is 5.92 Å². The molecule has 1 aliphatic carbocycles. The molecular formula is C21H17F6N3O2. The molecule has 2 aliphatic rings. The summed E-state index contributed by atoms with van der Waals surface area (Å²) in [7, 11) is 1.04. The van der Waals surface area contributed by atoms with Crippen molar-refractivity contribution in [1.82, 2.24) is 10.3 Å². The lowest BCUT2D eigenvalue weighted by atomic mass is 10.0. The quantitative estimate of drug-likeness (QED) is 0.650. The van der Waals surface area contributed by atoms with E-state index in [0.29, 0.717) is 24.5 Å². The first-order valence-electron chi connectivity index (χ1n) is 9.65. The zero-order chi connectivity index (χ0) is 23.2. The van der Waals surface area contributed by atoms with Gasteiger partial charge in [0.25, 0.3) is 0 Å².